The highest BCUT2D eigenvalue weighted by Gasteiger charge is 2.48. The zero-order valence-corrected chi connectivity index (χ0v) is 15.3. The van der Waals surface area contributed by atoms with Gasteiger partial charge in [-0.25, -0.2) is 0 Å². The summed E-state index contributed by atoms with van der Waals surface area (Å²) >= 11 is 1.16. The molecule has 23 heavy (non-hydrogen) atoms. The van der Waals surface area contributed by atoms with Gasteiger partial charge < -0.3 is 0 Å². The van der Waals surface area contributed by atoms with E-state index < -0.39 is 21.7 Å². The third kappa shape index (κ3) is 8.08. The fraction of sp³-hybridized carbons (Fsp3) is 0.600. The summed E-state index contributed by atoms with van der Waals surface area (Å²) in [5.74, 6) is 0. The van der Waals surface area contributed by atoms with E-state index in [2.05, 4.69) is 4.18 Å². The molecule has 0 aromatic rings. The molecule has 0 radical (unpaired) electrons. The third-order valence-electron chi connectivity index (χ3n) is 2.74. The van der Waals surface area contributed by atoms with Gasteiger partial charge in [0, 0.05) is 4.91 Å². The van der Waals surface area contributed by atoms with Crippen LogP contribution >= 0.6 is 11.8 Å². The van der Waals surface area contributed by atoms with Crippen LogP contribution in [0.25, 0.3) is 0 Å². The quantitative estimate of drug-likeness (QED) is 0.318. The van der Waals surface area contributed by atoms with Crippen LogP contribution in [0.2, 0.25) is 0 Å². The Hall–Kier alpha value is -0.730. The lowest BCUT2D eigenvalue weighted by Gasteiger charge is -2.17. The van der Waals surface area contributed by atoms with Crippen molar-refractivity contribution in [3.05, 3.63) is 34.8 Å². The summed E-state index contributed by atoms with van der Waals surface area (Å²) in [5, 5.41) is 0. The number of rotatable bonds is 9. The normalized spacial score (nSPS) is 16.1. The van der Waals surface area contributed by atoms with Crippen molar-refractivity contribution < 1.29 is 25.8 Å². The van der Waals surface area contributed by atoms with Crippen LogP contribution in [0, 0.1) is 0 Å². The van der Waals surface area contributed by atoms with Crippen molar-refractivity contribution in [2.45, 2.75) is 51.6 Å². The van der Waals surface area contributed by atoms with Crippen LogP contribution in [0.5, 0.6) is 0 Å². The average Bonchev–Trinajstić information content (AvgIpc) is 2.42. The van der Waals surface area contributed by atoms with Gasteiger partial charge in [-0.1, -0.05) is 38.5 Å². The first kappa shape index (κ1) is 22.3. The highest BCUT2D eigenvalue weighted by Crippen LogP contribution is 2.30. The van der Waals surface area contributed by atoms with Crippen LogP contribution in [-0.2, 0) is 14.3 Å². The molecule has 0 aliphatic rings. The fourth-order valence-corrected chi connectivity index (χ4v) is 2.94. The lowest BCUT2D eigenvalue weighted by atomic mass is 10.1. The molecular weight excluding hydrogens is 349 g/mol. The van der Waals surface area contributed by atoms with Gasteiger partial charge in [0.1, 0.15) is 6.10 Å². The second-order valence-electron chi connectivity index (χ2n) is 4.72. The van der Waals surface area contributed by atoms with Gasteiger partial charge in [0.25, 0.3) is 0 Å². The number of alkyl halides is 3. The maximum atomic E-state index is 12.4. The zero-order chi connectivity index (χ0) is 18.1. The molecule has 0 spiro atoms. The molecule has 0 N–H and O–H groups in total. The van der Waals surface area contributed by atoms with Gasteiger partial charge in [-0.2, -0.15) is 21.6 Å². The van der Waals surface area contributed by atoms with E-state index in [1.807, 2.05) is 32.1 Å². The largest absolute Gasteiger partial charge is 0.523 e. The van der Waals surface area contributed by atoms with Crippen LogP contribution < -0.4 is 0 Å². The smallest absolute Gasteiger partial charge is 0.255 e. The number of hydrogen-bond acceptors (Lipinski definition) is 4. The molecular formula is C15H23F3O3S2. The molecule has 8 heteroatoms. The molecule has 1 atom stereocenters. The predicted molar refractivity (Wildman–Crippen MR) is 89.5 cm³/mol. The molecule has 0 aliphatic carbocycles. The maximum Gasteiger partial charge on any atom is 0.523 e. The third-order valence-corrected chi connectivity index (χ3v) is 4.77. The first-order valence-corrected chi connectivity index (χ1v) is 9.83. The van der Waals surface area contributed by atoms with Crippen molar-refractivity contribution in [2.24, 2.45) is 0 Å². The second kappa shape index (κ2) is 10.2. The van der Waals surface area contributed by atoms with Crippen LogP contribution in [0.15, 0.2) is 34.8 Å². The Balaban J connectivity index is 5.37. The summed E-state index contributed by atoms with van der Waals surface area (Å²) in [4.78, 5) is 0.419. The standard InChI is InChI=1S/C15H23F3O3S2/c1-5-7-8-10-13(9-6-2)11-14(22-4)12(3)21-23(19,20)15(16,17)18/h7-8,10-12H,5-6,9H2,1-4H3/b8-7-,13-10+,14-11+. The Morgan fingerprint density at radius 2 is 1.91 bits per heavy atom. The Morgan fingerprint density at radius 1 is 1.30 bits per heavy atom. The van der Waals surface area contributed by atoms with Crippen molar-refractivity contribution in [1.29, 1.82) is 0 Å². The van der Waals surface area contributed by atoms with Crippen LogP contribution in [0.4, 0.5) is 13.2 Å². The number of thioether (sulfide) groups is 1. The molecule has 0 heterocycles. The van der Waals surface area contributed by atoms with Crippen LogP contribution in [-0.4, -0.2) is 26.3 Å². The van der Waals surface area contributed by atoms with Crippen molar-refractivity contribution in [1.82, 2.24) is 0 Å². The van der Waals surface area contributed by atoms with Gasteiger partial charge in [0.05, 0.1) is 0 Å². The molecule has 0 aromatic heterocycles. The van der Waals surface area contributed by atoms with E-state index in [1.54, 1.807) is 12.3 Å². The summed E-state index contributed by atoms with van der Waals surface area (Å²) in [7, 11) is -5.61. The molecule has 0 aromatic carbocycles. The monoisotopic (exact) mass is 372 g/mol. The van der Waals surface area contributed by atoms with Crippen LogP contribution in [0.1, 0.15) is 40.0 Å². The maximum absolute atomic E-state index is 12.4. The fourth-order valence-electron chi connectivity index (χ4n) is 1.64. The van der Waals surface area contributed by atoms with Gasteiger partial charge in [0.2, 0.25) is 0 Å². The molecule has 134 valence electrons. The van der Waals surface area contributed by atoms with Crippen molar-refractivity contribution in [2.75, 3.05) is 6.26 Å². The van der Waals surface area contributed by atoms with Crippen molar-refractivity contribution in [3.63, 3.8) is 0 Å². The highest BCUT2D eigenvalue weighted by molar-refractivity contribution is 8.02. The molecule has 0 saturated carbocycles. The summed E-state index contributed by atoms with van der Waals surface area (Å²) in [5.41, 5.74) is -4.52. The number of hydrogen-bond donors (Lipinski definition) is 0. The minimum atomic E-state index is -5.61. The number of allylic oxidation sites excluding steroid dienone is 5. The molecule has 3 nitrogen and oxygen atoms in total. The lowest BCUT2D eigenvalue weighted by Crippen LogP contribution is -2.29. The molecule has 0 rings (SSSR count). The average molecular weight is 372 g/mol. The van der Waals surface area contributed by atoms with Gasteiger partial charge in [-0.15, -0.1) is 11.8 Å². The van der Waals surface area contributed by atoms with Gasteiger partial charge in [0.15, 0.2) is 0 Å². The van der Waals surface area contributed by atoms with Gasteiger partial charge in [-0.3, -0.25) is 4.18 Å². The van der Waals surface area contributed by atoms with Crippen molar-refractivity contribution >= 4 is 21.9 Å². The Labute approximate surface area is 140 Å². The Kier molecular flexibility index (Phi) is 9.88. The zero-order valence-electron chi connectivity index (χ0n) is 13.7. The topological polar surface area (TPSA) is 43.4 Å². The molecule has 0 saturated heterocycles. The molecule has 0 bridgehead atoms. The van der Waals surface area contributed by atoms with E-state index in [9.17, 15) is 21.6 Å². The van der Waals surface area contributed by atoms with E-state index in [0.29, 0.717) is 4.91 Å². The SMILES string of the molecule is CC\C=C/C=C(/C=C(/SC)C(C)OS(=O)(=O)C(F)(F)F)CCC. The minimum Gasteiger partial charge on any atom is -0.255 e. The summed E-state index contributed by atoms with van der Waals surface area (Å²) in [6.45, 7) is 5.26. The summed E-state index contributed by atoms with van der Waals surface area (Å²) in [6, 6.07) is 0. The predicted octanol–water partition coefficient (Wildman–Crippen LogP) is 5.18. The summed E-state index contributed by atoms with van der Waals surface area (Å²) < 4.78 is 63.6. The van der Waals surface area contributed by atoms with Gasteiger partial charge in [-0.05, 0) is 37.7 Å². The van der Waals surface area contributed by atoms with E-state index in [-0.39, 0.29) is 0 Å². The summed E-state index contributed by atoms with van der Waals surface area (Å²) in [6.07, 6.45) is 10.3. The molecule has 0 amide bonds. The van der Waals surface area contributed by atoms with E-state index in [1.165, 1.54) is 6.92 Å². The van der Waals surface area contributed by atoms with E-state index in [4.69, 9.17) is 0 Å². The lowest BCUT2D eigenvalue weighted by molar-refractivity contribution is -0.0556. The highest BCUT2D eigenvalue weighted by atomic mass is 32.2. The van der Waals surface area contributed by atoms with Crippen molar-refractivity contribution in [3.8, 4) is 0 Å². The Bertz CT molecular complexity index is 547. The molecule has 1 unspecified atom stereocenters. The minimum absolute atomic E-state index is 0.419. The first-order chi connectivity index (χ1) is 10.6. The second-order valence-corrected chi connectivity index (χ2v) is 7.16. The van der Waals surface area contributed by atoms with E-state index in [0.717, 1.165) is 36.6 Å². The first-order valence-electron chi connectivity index (χ1n) is 7.19. The number of halogens is 3. The Morgan fingerprint density at radius 3 is 2.35 bits per heavy atom. The van der Waals surface area contributed by atoms with Gasteiger partial charge >= 0.3 is 15.6 Å². The molecule has 0 aliphatic heterocycles. The van der Waals surface area contributed by atoms with Crippen LogP contribution in [0.3, 0.4) is 0 Å². The molecule has 0 fully saturated rings. The van der Waals surface area contributed by atoms with E-state index >= 15 is 0 Å².